The maximum absolute atomic E-state index is 11.6. The fourth-order valence-corrected chi connectivity index (χ4v) is 3.88. The van der Waals surface area contributed by atoms with Gasteiger partial charge in [0.1, 0.15) is 5.82 Å². The predicted octanol–water partition coefficient (Wildman–Crippen LogP) is 2.27. The Balaban J connectivity index is 1.62. The van der Waals surface area contributed by atoms with Crippen molar-refractivity contribution in [2.75, 3.05) is 25.0 Å². The van der Waals surface area contributed by atoms with Crippen LogP contribution in [0.3, 0.4) is 0 Å². The Bertz CT molecular complexity index is 910. The first kappa shape index (κ1) is 21.6. The van der Waals surface area contributed by atoms with Crippen LogP contribution >= 0.6 is 0 Å². The number of carbonyl (C=O) groups excluding carboxylic acids is 1. The average molecular weight is 409 g/mol. The maximum atomic E-state index is 11.6. The zero-order chi connectivity index (χ0) is 21.5. The molecule has 0 spiro atoms. The molecule has 0 saturated carbocycles. The van der Waals surface area contributed by atoms with Gasteiger partial charge < -0.3 is 21.3 Å². The van der Waals surface area contributed by atoms with Crippen LogP contribution in [0.5, 0.6) is 0 Å². The molecule has 3 rings (SSSR count). The zero-order valence-corrected chi connectivity index (χ0v) is 18.1. The summed E-state index contributed by atoms with van der Waals surface area (Å²) in [5.74, 6) is 1.29. The molecular formula is C23H32N6O. The van der Waals surface area contributed by atoms with Crippen molar-refractivity contribution in [3.63, 3.8) is 0 Å². The van der Waals surface area contributed by atoms with Gasteiger partial charge in [-0.2, -0.15) is 0 Å². The topological polar surface area (TPSA) is 95.6 Å². The molecule has 1 unspecified atom stereocenters. The second-order valence-electron chi connectivity index (χ2n) is 7.88. The molecule has 0 radical (unpaired) electrons. The lowest BCUT2D eigenvalue weighted by Gasteiger charge is -2.33. The van der Waals surface area contributed by atoms with Gasteiger partial charge in [0.2, 0.25) is 5.91 Å². The number of carbonyl (C=O) groups is 1. The van der Waals surface area contributed by atoms with Gasteiger partial charge in [-0.05, 0) is 43.9 Å². The number of piperidine rings is 1. The van der Waals surface area contributed by atoms with Gasteiger partial charge in [0, 0.05) is 45.0 Å². The van der Waals surface area contributed by atoms with Crippen LogP contribution in [0.2, 0.25) is 0 Å². The Morgan fingerprint density at radius 1 is 1.23 bits per heavy atom. The lowest BCUT2D eigenvalue weighted by atomic mass is 9.97. The normalized spacial score (nSPS) is 17.0. The third-order valence-corrected chi connectivity index (χ3v) is 5.61. The van der Waals surface area contributed by atoms with Gasteiger partial charge in [-0.25, -0.2) is 4.98 Å². The number of aryl methyl sites for hydroxylation is 2. The fraction of sp³-hybridized carbons (Fsp3) is 0.435. The summed E-state index contributed by atoms with van der Waals surface area (Å²) in [4.78, 5) is 22.7. The largest absolute Gasteiger partial charge is 0.369 e. The Morgan fingerprint density at radius 2 is 2.00 bits per heavy atom. The van der Waals surface area contributed by atoms with Crippen LogP contribution < -0.4 is 21.3 Å². The number of benzene rings is 1. The monoisotopic (exact) mass is 408 g/mol. The first-order chi connectivity index (χ1) is 14.5. The number of hydrogen-bond acceptors (Lipinski definition) is 4. The van der Waals surface area contributed by atoms with Crippen LogP contribution in [-0.2, 0) is 17.9 Å². The summed E-state index contributed by atoms with van der Waals surface area (Å²) in [5, 5.41) is 6.76. The van der Waals surface area contributed by atoms with Crippen LogP contribution in [0.25, 0.3) is 0 Å². The summed E-state index contributed by atoms with van der Waals surface area (Å²) in [6.45, 7) is 7.03. The van der Waals surface area contributed by atoms with E-state index in [0.29, 0.717) is 19.6 Å². The average Bonchev–Trinajstić information content (AvgIpc) is 2.75. The van der Waals surface area contributed by atoms with Crippen LogP contribution in [-0.4, -0.2) is 37.0 Å². The summed E-state index contributed by atoms with van der Waals surface area (Å²) >= 11 is 0. The van der Waals surface area contributed by atoms with Crippen LogP contribution in [0.4, 0.5) is 5.82 Å². The van der Waals surface area contributed by atoms with E-state index in [1.54, 1.807) is 13.2 Å². The third kappa shape index (κ3) is 5.49. The van der Waals surface area contributed by atoms with E-state index in [2.05, 4.69) is 63.6 Å². The molecule has 7 heteroatoms. The number of guanidine groups is 1. The molecule has 1 aromatic heterocycles. The molecule has 7 nitrogen and oxygen atoms in total. The molecule has 1 aromatic carbocycles. The maximum Gasteiger partial charge on any atom is 0.222 e. The van der Waals surface area contributed by atoms with Crippen molar-refractivity contribution >= 4 is 17.7 Å². The first-order valence-electron chi connectivity index (χ1n) is 10.5. The van der Waals surface area contributed by atoms with E-state index in [-0.39, 0.29) is 11.8 Å². The molecule has 2 aromatic rings. The second-order valence-corrected chi connectivity index (χ2v) is 7.88. The SMILES string of the molecule is CN=C(NCc1ccc(C)cc1C)NCc1cccnc1N1CCCC(C(N)=O)C1. The van der Waals surface area contributed by atoms with E-state index in [0.717, 1.165) is 36.7 Å². The molecule has 4 N–H and O–H groups in total. The molecule has 2 heterocycles. The van der Waals surface area contributed by atoms with Gasteiger partial charge in [-0.15, -0.1) is 0 Å². The number of rotatable bonds is 6. The van der Waals surface area contributed by atoms with Crippen molar-refractivity contribution < 1.29 is 4.79 Å². The summed E-state index contributed by atoms with van der Waals surface area (Å²) in [6, 6.07) is 10.4. The van der Waals surface area contributed by atoms with E-state index in [4.69, 9.17) is 5.73 Å². The number of aromatic nitrogens is 1. The van der Waals surface area contributed by atoms with E-state index < -0.39 is 0 Å². The predicted molar refractivity (Wildman–Crippen MR) is 121 cm³/mol. The van der Waals surface area contributed by atoms with Crippen molar-refractivity contribution in [2.24, 2.45) is 16.6 Å². The van der Waals surface area contributed by atoms with Crippen molar-refractivity contribution in [3.8, 4) is 0 Å². The Labute approximate surface area is 178 Å². The summed E-state index contributed by atoms with van der Waals surface area (Å²) in [5.41, 5.74) is 10.4. The standard InChI is InChI=1S/C23H32N6O/c1-16-8-9-18(17(2)12-16)13-27-23(25-3)28-14-19-6-4-10-26-22(19)29-11-5-7-20(15-29)21(24)30/h4,6,8-10,12,20H,5,7,11,13-15H2,1-3H3,(H2,24,30)(H2,25,27,28). The summed E-state index contributed by atoms with van der Waals surface area (Å²) in [6.07, 6.45) is 3.58. The number of amides is 1. The molecular weight excluding hydrogens is 376 g/mol. The number of nitrogens with zero attached hydrogens (tertiary/aromatic N) is 3. The molecule has 30 heavy (non-hydrogen) atoms. The molecule has 1 aliphatic rings. The number of anilines is 1. The number of pyridine rings is 1. The number of primary amides is 1. The highest BCUT2D eigenvalue weighted by Crippen LogP contribution is 2.24. The molecule has 0 bridgehead atoms. The Morgan fingerprint density at radius 3 is 2.70 bits per heavy atom. The first-order valence-corrected chi connectivity index (χ1v) is 10.5. The van der Waals surface area contributed by atoms with Gasteiger partial charge in [0.25, 0.3) is 0 Å². The smallest absolute Gasteiger partial charge is 0.222 e. The zero-order valence-electron chi connectivity index (χ0n) is 18.1. The number of hydrogen-bond donors (Lipinski definition) is 3. The van der Waals surface area contributed by atoms with Crippen molar-refractivity contribution in [2.45, 2.75) is 39.8 Å². The van der Waals surface area contributed by atoms with Gasteiger partial charge >= 0.3 is 0 Å². The van der Waals surface area contributed by atoms with E-state index in [9.17, 15) is 4.79 Å². The Kier molecular flexibility index (Phi) is 7.27. The molecule has 1 saturated heterocycles. The van der Waals surface area contributed by atoms with Gasteiger partial charge in [0.15, 0.2) is 5.96 Å². The minimum absolute atomic E-state index is 0.117. The van der Waals surface area contributed by atoms with Gasteiger partial charge in [-0.3, -0.25) is 9.79 Å². The summed E-state index contributed by atoms with van der Waals surface area (Å²) in [7, 11) is 1.77. The van der Waals surface area contributed by atoms with Crippen LogP contribution in [0.1, 0.15) is 35.1 Å². The highest BCUT2D eigenvalue weighted by Gasteiger charge is 2.25. The fourth-order valence-electron chi connectivity index (χ4n) is 3.88. The molecule has 160 valence electrons. The van der Waals surface area contributed by atoms with Gasteiger partial charge in [0.05, 0.1) is 5.92 Å². The van der Waals surface area contributed by atoms with E-state index >= 15 is 0 Å². The van der Waals surface area contributed by atoms with Crippen LogP contribution in [0.15, 0.2) is 41.5 Å². The minimum atomic E-state index is -0.230. The second kappa shape index (κ2) is 10.1. The van der Waals surface area contributed by atoms with Crippen molar-refractivity contribution in [1.82, 2.24) is 15.6 Å². The van der Waals surface area contributed by atoms with Crippen LogP contribution in [0, 0.1) is 19.8 Å². The van der Waals surface area contributed by atoms with E-state index in [1.807, 2.05) is 6.07 Å². The highest BCUT2D eigenvalue weighted by atomic mass is 16.1. The third-order valence-electron chi connectivity index (χ3n) is 5.61. The molecule has 1 atom stereocenters. The Hall–Kier alpha value is -3.09. The summed E-state index contributed by atoms with van der Waals surface area (Å²) < 4.78 is 0. The number of nitrogens with one attached hydrogen (secondary N) is 2. The lowest BCUT2D eigenvalue weighted by molar-refractivity contribution is -0.122. The highest BCUT2D eigenvalue weighted by molar-refractivity contribution is 5.80. The molecule has 0 aliphatic carbocycles. The molecule has 1 fully saturated rings. The number of aliphatic imine (C=N–C) groups is 1. The molecule has 1 aliphatic heterocycles. The molecule has 1 amide bonds. The van der Waals surface area contributed by atoms with Crippen molar-refractivity contribution in [3.05, 3.63) is 58.8 Å². The number of nitrogens with two attached hydrogens (primary N) is 1. The van der Waals surface area contributed by atoms with Gasteiger partial charge in [-0.1, -0.05) is 29.8 Å². The quantitative estimate of drug-likeness (QED) is 0.503. The van der Waals surface area contributed by atoms with E-state index in [1.165, 1.54) is 16.7 Å². The minimum Gasteiger partial charge on any atom is -0.369 e. The lowest BCUT2D eigenvalue weighted by Crippen LogP contribution is -2.42. The van der Waals surface area contributed by atoms with Crippen molar-refractivity contribution in [1.29, 1.82) is 0 Å².